The third kappa shape index (κ3) is 10.4. The molecule has 0 aromatic heterocycles. The number of alkyl carbamates (subject to hydrolysis) is 1. The SMILES string of the molecule is CC(C)CCC[C@@H](C)[C@H]1CC[C@H]2[C@@H]3CC=C4C[C@@H](OC(=O)NCCCCCCO[C@H]5O[C@H](CO)[C@@H](O[C@@H]6O[C@H](CO)[C@@H](O)[C@H](O)[C@H]6O)[C@H](O)[C@H]5O)CC[C@]4(C)[C@H]3CC[C@]12C. The van der Waals surface area contributed by atoms with Gasteiger partial charge in [-0.05, 0) is 104 Å². The average molecular weight is 854 g/mol. The number of aliphatic hydroxyl groups is 7. The van der Waals surface area contributed by atoms with E-state index in [2.05, 4.69) is 46.0 Å². The Bertz CT molecular complexity index is 1400. The van der Waals surface area contributed by atoms with Crippen LogP contribution in [0.3, 0.4) is 0 Å². The Balaban J connectivity index is 0.862. The molecule has 0 radical (unpaired) electrons. The molecule has 1 amide bonds. The van der Waals surface area contributed by atoms with E-state index in [9.17, 15) is 40.5 Å². The number of amides is 1. The first-order valence-corrected chi connectivity index (χ1v) is 23.5. The van der Waals surface area contributed by atoms with E-state index < -0.39 is 74.6 Å². The molecule has 8 N–H and O–H groups in total. The number of carbonyl (C=O) groups excluding carboxylic acids is 1. The van der Waals surface area contributed by atoms with Crippen LogP contribution in [0.5, 0.6) is 0 Å². The Labute approximate surface area is 357 Å². The van der Waals surface area contributed by atoms with E-state index in [1.807, 2.05) is 0 Å². The molecule has 6 aliphatic rings. The predicted octanol–water partition coefficient (Wildman–Crippen LogP) is 4.32. The number of carbonyl (C=O) groups is 1. The predicted molar refractivity (Wildman–Crippen MR) is 222 cm³/mol. The van der Waals surface area contributed by atoms with Gasteiger partial charge in [0.15, 0.2) is 12.6 Å². The summed E-state index contributed by atoms with van der Waals surface area (Å²) in [5.41, 5.74) is 2.20. The van der Waals surface area contributed by atoms with Crippen molar-refractivity contribution in [3.63, 3.8) is 0 Å². The number of nitrogens with one attached hydrogen (secondary N) is 1. The van der Waals surface area contributed by atoms with E-state index in [-0.39, 0.29) is 24.2 Å². The van der Waals surface area contributed by atoms with Gasteiger partial charge >= 0.3 is 6.09 Å². The molecule has 2 saturated heterocycles. The molecule has 0 spiro atoms. The van der Waals surface area contributed by atoms with Gasteiger partial charge in [0.25, 0.3) is 0 Å². The fraction of sp³-hybridized carbons (Fsp3) is 0.935. The quantitative estimate of drug-likeness (QED) is 0.0713. The van der Waals surface area contributed by atoms with E-state index in [0.29, 0.717) is 18.4 Å². The summed E-state index contributed by atoms with van der Waals surface area (Å²) in [4.78, 5) is 12.8. The molecule has 60 heavy (non-hydrogen) atoms. The van der Waals surface area contributed by atoms with E-state index in [1.165, 1.54) is 56.9 Å². The van der Waals surface area contributed by atoms with Crippen molar-refractivity contribution in [2.24, 2.45) is 46.3 Å². The number of rotatable bonds is 18. The van der Waals surface area contributed by atoms with E-state index in [0.717, 1.165) is 74.0 Å². The Morgan fingerprint density at radius 2 is 1.52 bits per heavy atom. The summed E-state index contributed by atoms with van der Waals surface area (Å²) in [5, 5.41) is 74.3. The molecule has 2 heterocycles. The summed E-state index contributed by atoms with van der Waals surface area (Å²) < 4.78 is 28.3. The standard InChI is InChI=1S/C46H79NO13/c1-26(2)11-10-12-27(3)31-15-16-32-30-14-13-28-23-29(17-19-45(28,4)33(30)18-20-46(31,32)5)57-44(55)47-21-8-6-7-9-22-56-42-40(54)38(52)41(35(25-49)59-42)60-43-39(53)37(51)36(50)34(24-48)58-43/h13,26-27,29-43,48-54H,6-12,14-25H2,1-5H3,(H,47,55)/t27-,29+,30+,31-,32+,33+,34-,35-,36-,37+,38-,39-,40-,41-,42+,43+,45+,46-/m1/s1. The van der Waals surface area contributed by atoms with Gasteiger partial charge in [-0.3, -0.25) is 0 Å². The summed E-state index contributed by atoms with van der Waals surface area (Å²) in [7, 11) is 0. The Morgan fingerprint density at radius 3 is 2.25 bits per heavy atom. The van der Waals surface area contributed by atoms with Gasteiger partial charge in [0.1, 0.15) is 54.9 Å². The van der Waals surface area contributed by atoms with E-state index >= 15 is 0 Å². The van der Waals surface area contributed by atoms with Crippen molar-refractivity contribution in [3.05, 3.63) is 11.6 Å². The number of unbranched alkanes of at least 4 members (excludes halogenated alkanes) is 3. The zero-order valence-electron chi connectivity index (χ0n) is 36.9. The summed E-state index contributed by atoms with van der Waals surface area (Å²) in [5.74, 6) is 4.80. The fourth-order valence-corrected chi connectivity index (χ4v) is 12.6. The van der Waals surface area contributed by atoms with Gasteiger partial charge < -0.3 is 64.7 Å². The van der Waals surface area contributed by atoms with Crippen molar-refractivity contribution < 1.29 is 64.2 Å². The molecule has 2 aliphatic heterocycles. The van der Waals surface area contributed by atoms with Crippen LogP contribution in [0.2, 0.25) is 0 Å². The normalized spacial score (nSPS) is 43.4. The first-order valence-electron chi connectivity index (χ1n) is 23.5. The minimum atomic E-state index is -1.73. The zero-order chi connectivity index (χ0) is 43.4. The number of aliphatic hydroxyl groups excluding tert-OH is 7. The minimum Gasteiger partial charge on any atom is -0.446 e. The summed E-state index contributed by atoms with van der Waals surface area (Å²) in [6.45, 7) is 11.8. The van der Waals surface area contributed by atoms with Crippen LogP contribution in [-0.2, 0) is 23.7 Å². The van der Waals surface area contributed by atoms with Crippen molar-refractivity contribution in [3.8, 4) is 0 Å². The maximum Gasteiger partial charge on any atom is 0.407 e. The maximum atomic E-state index is 12.8. The number of hydrogen-bond donors (Lipinski definition) is 8. The van der Waals surface area contributed by atoms with Crippen LogP contribution in [0, 0.1) is 46.3 Å². The number of allylic oxidation sites excluding steroid dienone is 1. The lowest BCUT2D eigenvalue weighted by atomic mass is 9.47. The molecule has 0 bridgehead atoms. The molecule has 14 heteroatoms. The van der Waals surface area contributed by atoms with Crippen molar-refractivity contribution in [2.45, 2.75) is 198 Å². The highest BCUT2D eigenvalue weighted by Crippen LogP contribution is 2.67. The molecule has 0 aromatic carbocycles. The molecule has 5 fully saturated rings. The first kappa shape index (κ1) is 48.0. The highest BCUT2D eigenvalue weighted by atomic mass is 16.7. The van der Waals surface area contributed by atoms with Gasteiger partial charge in [0, 0.05) is 19.6 Å². The summed E-state index contributed by atoms with van der Waals surface area (Å²) in [6.07, 6.45) is 3.81. The monoisotopic (exact) mass is 854 g/mol. The topological polar surface area (TPSA) is 217 Å². The molecular formula is C46H79NO13. The van der Waals surface area contributed by atoms with Crippen LogP contribution in [0.15, 0.2) is 11.6 Å². The van der Waals surface area contributed by atoms with E-state index in [4.69, 9.17) is 23.7 Å². The molecule has 346 valence electrons. The number of hydrogen-bond acceptors (Lipinski definition) is 13. The van der Waals surface area contributed by atoms with Gasteiger partial charge in [-0.25, -0.2) is 4.79 Å². The van der Waals surface area contributed by atoms with Gasteiger partial charge in [-0.15, -0.1) is 0 Å². The molecule has 18 atom stereocenters. The van der Waals surface area contributed by atoms with Crippen LogP contribution in [-0.4, -0.2) is 136 Å². The molecule has 4 aliphatic carbocycles. The number of fused-ring (bicyclic) bond motifs is 5. The summed E-state index contributed by atoms with van der Waals surface area (Å²) in [6, 6.07) is 0. The first-order chi connectivity index (χ1) is 28.6. The minimum absolute atomic E-state index is 0.0923. The molecule has 0 aromatic rings. The lowest BCUT2D eigenvalue weighted by molar-refractivity contribution is -0.359. The van der Waals surface area contributed by atoms with Crippen molar-refractivity contribution in [1.29, 1.82) is 0 Å². The van der Waals surface area contributed by atoms with E-state index in [1.54, 1.807) is 0 Å². The highest BCUT2D eigenvalue weighted by Gasteiger charge is 2.59. The second-order valence-corrected chi connectivity index (χ2v) is 20.3. The third-order valence-corrected chi connectivity index (χ3v) is 16.1. The van der Waals surface area contributed by atoms with Crippen LogP contribution < -0.4 is 5.32 Å². The largest absolute Gasteiger partial charge is 0.446 e. The van der Waals surface area contributed by atoms with Crippen molar-refractivity contribution in [2.75, 3.05) is 26.4 Å². The summed E-state index contributed by atoms with van der Waals surface area (Å²) >= 11 is 0. The fourth-order valence-electron chi connectivity index (χ4n) is 12.6. The van der Waals surface area contributed by atoms with Gasteiger partial charge in [-0.1, -0.05) is 78.4 Å². The third-order valence-electron chi connectivity index (χ3n) is 16.1. The van der Waals surface area contributed by atoms with Gasteiger partial charge in [0.05, 0.1) is 13.2 Å². The average Bonchev–Trinajstić information content (AvgIpc) is 3.58. The lowest BCUT2D eigenvalue weighted by Crippen LogP contribution is -2.64. The second-order valence-electron chi connectivity index (χ2n) is 20.3. The van der Waals surface area contributed by atoms with Gasteiger partial charge in [0.2, 0.25) is 0 Å². The van der Waals surface area contributed by atoms with Crippen LogP contribution in [0.1, 0.15) is 131 Å². The Hall–Kier alpha value is -1.43. The lowest BCUT2D eigenvalue weighted by Gasteiger charge is -2.58. The van der Waals surface area contributed by atoms with Crippen LogP contribution >= 0.6 is 0 Å². The Morgan fingerprint density at radius 1 is 0.800 bits per heavy atom. The molecule has 0 unspecified atom stereocenters. The van der Waals surface area contributed by atoms with Crippen molar-refractivity contribution >= 4 is 6.09 Å². The molecule has 6 rings (SSSR count). The number of ether oxygens (including phenoxy) is 5. The van der Waals surface area contributed by atoms with Gasteiger partial charge in [-0.2, -0.15) is 0 Å². The second kappa shape index (κ2) is 21.0. The highest BCUT2D eigenvalue weighted by molar-refractivity contribution is 5.67. The Kier molecular flexibility index (Phi) is 16.8. The smallest absolute Gasteiger partial charge is 0.407 e. The van der Waals surface area contributed by atoms with Crippen LogP contribution in [0.4, 0.5) is 4.79 Å². The molecule has 3 saturated carbocycles. The maximum absolute atomic E-state index is 12.8. The van der Waals surface area contributed by atoms with Crippen LogP contribution in [0.25, 0.3) is 0 Å². The van der Waals surface area contributed by atoms with Crippen molar-refractivity contribution in [1.82, 2.24) is 5.32 Å². The molecular weight excluding hydrogens is 774 g/mol. The molecule has 14 nitrogen and oxygen atoms in total. The zero-order valence-corrected chi connectivity index (χ0v) is 36.9.